The zero-order valence-corrected chi connectivity index (χ0v) is 16.5. The fourth-order valence-electron chi connectivity index (χ4n) is 2.90. The Balaban J connectivity index is 3.29. The minimum atomic E-state index is -0.235. The van der Waals surface area contributed by atoms with Gasteiger partial charge in [0.05, 0.1) is 0 Å². The van der Waals surface area contributed by atoms with Crippen molar-refractivity contribution >= 4 is 5.91 Å². The van der Waals surface area contributed by atoms with Crippen molar-refractivity contribution in [1.29, 1.82) is 0 Å². The SMILES string of the molecule is CCCCCCCCCCCCCCC(=O)N([O-])CCCN(C)C. The van der Waals surface area contributed by atoms with Gasteiger partial charge >= 0.3 is 0 Å². The molecule has 0 aromatic carbocycles. The summed E-state index contributed by atoms with van der Waals surface area (Å²) in [6.45, 7) is 3.44. The van der Waals surface area contributed by atoms with Crippen LogP contribution in [-0.4, -0.2) is 43.1 Å². The number of unbranched alkanes of at least 4 members (excludes halogenated alkanes) is 11. The fourth-order valence-corrected chi connectivity index (χ4v) is 2.90. The lowest BCUT2D eigenvalue weighted by Crippen LogP contribution is -2.28. The summed E-state index contributed by atoms with van der Waals surface area (Å²) < 4.78 is 0. The molecule has 4 heteroatoms. The summed E-state index contributed by atoms with van der Waals surface area (Å²) in [5, 5.41) is 12.3. The molecule has 0 N–H and O–H groups in total. The summed E-state index contributed by atoms with van der Waals surface area (Å²) in [5.74, 6) is -0.235. The van der Waals surface area contributed by atoms with Gasteiger partial charge in [-0.25, -0.2) is 0 Å². The van der Waals surface area contributed by atoms with Crippen LogP contribution in [0.2, 0.25) is 0 Å². The Morgan fingerprint density at radius 2 is 1.17 bits per heavy atom. The zero-order valence-electron chi connectivity index (χ0n) is 16.5. The molecule has 0 saturated heterocycles. The molecule has 0 unspecified atom stereocenters. The van der Waals surface area contributed by atoms with Gasteiger partial charge in [0.2, 0.25) is 5.91 Å². The molecule has 0 aliphatic rings. The van der Waals surface area contributed by atoms with Gasteiger partial charge in [-0.1, -0.05) is 77.6 Å². The molecule has 0 spiro atoms. The van der Waals surface area contributed by atoms with E-state index >= 15 is 0 Å². The lowest BCUT2D eigenvalue weighted by Gasteiger charge is -2.28. The zero-order chi connectivity index (χ0) is 18.0. The highest BCUT2D eigenvalue weighted by atomic mass is 16.5. The van der Waals surface area contributed by atoms with Gasteiger partial charge in [-0.2, -0.15) is 0 Å². The van der Waals surface area contributed by atoms with E-state index in [1.165, 1.54) is 64.2 Å². The first-order valence-electron chi connectivity index (χ1n) is 10.2. The standard InChI is InChI=1S/C20H41N2O2/c1-4-5-6-7-8-9-10-11-12-13-14-15-17-20(23)22(24)19-16-18-21(2)3/h4-19H2,1-3H3/q-1. The lowest BCUT2D eigenvalue weighted by atomic mass is 10.0. The van der Waals surface area contributed by atoms with Crippen molar-refractivity contribution in [2.24, 2.45) is 0 Å². The van der Waals surface area contributed by atoms with Gasteiger partial charge in [-0.05, 0) is 33.5 Å². The molecule has 0 radical (unpaired) electrons. The molecule has 4 nitrogen and oxygen atoms in total. The van der Waals surface area contributed by atoms with E-state index in [0.29, 0.717) is 18.0 Å². The van der Waals surface area contributed by atoms with E-state index in [4.69, 9.17) is 0 Å². The number of hydrogen-bond acceptors (Lipinski definition) is 3. The normalized spacial score (nSPS) is 11.2. The van der Waals surface area contributed by atoms with Gasteiger partial charge in [-0.15, -0.1) is 0 Å². The average molecular weight is 342 g/mol. The molecule has 0 saturated carbocycles. The first kappa shape index (κ1) is 23.4. The van der Waals surface area contributed by atoms with Gasteiger partial charge in [0.1, 0.15) is 0 Å². The van der Waals surface area contributed by atoms with Crippen LogP contribution in [0.15, 0.2) is 0 Å². The molecule has 144 valence electrons. The quantitative estimate of drug-likeness (QED) is 0.264. The van der Waals surface area contributed by atoms with Crippen molar-refractivity contribution in [2.75, 3.05) is 27.2 Å². The number of nitrogens with zero attached hydrogens (tertiary/aromatic N) is 2. The summed E-state index contributed by atoms with van der Waals surface area (Å²) in [6.07, 6.45) is 16.5. The average Bonchev–Trinajstić information content (AvgIpc) is 2.55. The van der Waals surface area contributed by atoms with E-state index in [-0.39, 0.29) is 5.91 Å². The van der Waals surface area contributed by atoms with Crippen molar-refractivity contribution in [2.45, 2.75) is 96.8 Å². The van der Waals surface area contributed by atoms with Gasteiger partial charge in [0, 0.05) is 13.0 Å². The number of hydroxylamine groups is 2. The molecule has 0 aliphatic heterocycles. The summed E-state index contributed by atoms with van der Waals surface area (Å²) in [4.78, 5) is 13.7. The number of amides is 1. The number of carbonyl (C=O) groups excluding carboxylic acids is 1. The Hall–Kier alpha value is -0.610. The lowest BCUT2D eigenvalue weighted by molar-refractivity contribution is -0.128. The second kappa shape index (κ2) is 17.2. The fraction of sp³-hybridized carbons (Fsp3) is 0.950. The third-order valence-electron chi connectivity index (χ3n) is 4.49. The van der Waals surface area contributed by atoms with Crippen LogP contribution >= 0.6 is 0 Å². The predicted octanol–water partition coefficient (Wildman–Crippen LogP) is 5.36. The minimum Gasteiger partial charge on any atom is -0.756 e. The Morgan fingerprint density at radius 1 is 0.708 bits per heavy atom. The minimum absolute atomic E-state index is 0.235. The van der Waals surface area contributed by atoms with Crippen LogP contribution in [0.5, 0.6) is 0 Å². The molecular formula is C20H41N2O2-. The van der Waals surface area contributed by atoms with Crippen molar-refractivity contribution in [3.63, 3.8) is 0 Å². The monoisotopic (exact) mass is 341 g/mol. The molecular weight excluding hydrogens is 300 g/mol. The largest absolute Gasteiger partial charge is 0.756 e. The van der Waals surface area contributed by atoms with Gasteiger partial charge in [-0.3, -0.25) is 4.79 Å². The van der Waals surface area contributed by atoms with Crippen LogP contribution in [0, 0.1) is 5.21 Å². The maximum atomic E-state index is 11.7. The maximum Gasteiger partial charge on any atom is 0.212 e. The third-order valence-corrected chi connectivity index (χ3v) is 4.49. The first-order chi connectivity index (χ1) is 11.6. The van der Waals surface area contributed by atoms with Crippen molar-refractivity contribution in [3.05, 3.63) is 5.21 Å². The molecule has 0 atom stereocenters. The van der Waals surface area contributed by atoms with E-state index < -0.39 is 0 Å². The molecule has 0 rings (SSSR count). The Morgan fingerprint density at radius 3 is 1.62 bits per heavy atom. The van der Waals surface area contributed by atoms with Crippen LogP contribution in [-0.2, 0) is 4.79 Å². The van der Waals surface area contributed by atoms with Crippen molar-refractivity contribution in [1.82, 2.24) is 9.96 Å². The van der Waals surface area contributed by atoms with Crippen LogP contribution < -0.4 is 0 Å². The summed E-state index contributed by atoms with van der Waals surface area (Å²) in [5.41, 5.74) is 0. The van der Waals surface area contributed by atoms with Crippen LogP contribution in [0.3, 0.4) is 0 Å². The predicted molar refractivity (Wildman–Crippen MR) is 104 cm³/mol. The summed E-state index contributed by atoms with van der Waals surface area (Å²) in [6, 6.07) is 0. The molecule has 0 bridgehead atoms. The van der Waals surface area contributed by atoms with Gasteiger partial charge < -0.3 is 15.2 Å². The van der Waals surface area contributed by atoms with Gasteiger partial charge in [0.15, 0.2) is 0 Å². The molecule has 0 aromatic rings. The molecule has 0 aromatic heterocycles. The number of carbonyl (C=O) groups is 1. The smallest absolute Gasteiger partial charge is 0.212 e. The topological polar surface area (TPSA) is 46.6 Å². The van der Waals surface area contributed by atoms with Crippen molar-refractivity contribution in [3.8, 4) is 0 Å². The van der Waals surface area contributed by atoms with E-state index in [0.717, 1.165) is 25.8 Å². The molecule has 24 heavy (non-hydrogen) atoms. The molecule has 1 amide bonds. The maximum absolute atomic E-state index is 11.7. The van der Waals surface area contributed by atoms with E-state index in [1.54, 1.807) is 0 Å². The van der Waals surface area contributed by atoms with Crippen LogP contribution in [0.4, 0.5) is 0 Å². The van der Waals surface area contributed by atoms with E-state index in [9.17, 15) is 10.0 Å². The second-order valence-electron chi connectivity index (χ2n) is 7.29. The van der Waals surface area contributed by atoms with Gasteiger partial charge in [0.25, 0.3) is 0 Å². The Bertz CT molecular complexity index is 283. The second-order valence-corrected chi connectivity index (χ2v) is 7.29. The van der Waals surface area contributed by atoms with E-state index in [1.807, 2.05) is 19.0 Å². The van der Waals surface area contributed by atoms with Crippen molar-refractivity contribution < 1.29 is 4.79 Å². The molecule has 0 aliphatic carbocycles. The Kier molecular flexibility index (Phi) is 16.8. The van der Waals surface area contributed by atoms with E-state index in [2.05, 4.69) is 6.92 Å². The number of hydrogen-bond donors (Lipinski definition) is 0. The summed E-state index contributed by atoms with van der Waals surface area (Å²) in [7, 11) is 3.95. The van der Waals surface area contributed by atoms with Crippen LogP contribution in [0.25, 0.3) is 0 Å². The Labute approximate surface area is 150 Å². The summed E-state index contributed by atoms with van der Waals surface area (Å²) >= 11 is 0. The third kappa shape index (κ3) is 16.3. The highest BCUT2D eigenvalue weighted by Gasteiger charge is 2.04. The van der Waals surface area contributed by atoms with Crippen LogP contribution in [0.1, 0.15) is 96.8 Å². The first-order valence-corrected chi connectivity index (χ1v) is 10.2. The molecule has 0 heterocycles. The highest BCUT2D eigenvalue weighted by molar-refractivity contribution is 5.76. The highest BCUT2D eigenvalue weighted by Crippen LogP contribution is 2.12. The number of rotatable bonds is 17. The molecule has 0 fully saturated rings.